The van der Waals surface area contributed by atoms with Crippen molar-refractivity contribution in [3.8, 4) is 5.75 Å². The molecule has 20 nitrogen and oxygen atoms in total. The van der Waals surface area contributed by atoms with E-state index in [0.29, 0.717) is 0 Å². The van der Waals surface area contributed by atoms with Crippen molar-refractivity contribution >= 4 is 41.6 Å². The van der Waals surface area contributed by atoms with E-state index >= 15 is 9.59 Å². The average Bonchev–Trinajstić information content (AvgIpc) is 3.28. The number of benzene rings is 3. The zero-order valence-corrected chi connectivity index (χ0v) is 39.7. The predicted molar refractivity (Wildman–Crippen MR) is 242 cm³/mol. The molecule has 1 unspecified atom stereocenters. The number of nitro benzene ring substituents is 1. The van der Waals surface area contributed by atoms with Crippen LogP contribution in [0.5, 0.6) is 5.75 Å². The van der Waals surface area contributed by atoms with Gasteiger partial charge in [-0.25, -0.2) is 19.2 Å². The number of aliphatic hydroxyl groups is 3. The predicted octanol–water partition coefficient (Wildman–Crippen LogP) is 5.39. The number of amides is 1. The van der Waals surface area contributed by atoms with Gasteiger partial charge in [-0.3, -0.25) is 19.7 Å². The quantitative estimate of drug-likeness (QED) is 0.0468. The Kier molecular flexibility index (Phi) is 13.8. The molecule has 11 atom stereocenters. The van der Waals surface area contributed by atoms with Crippen LogP contribution < -0.4 is 10.1 Å². The van der Waals surface area contributed by atoms with Gasteiger partial charge in [0.25, 0.3) is 5.69 Å². The molecule has 4 N–H and O–H groups in total. The van der Waals surface area contributed by atoms with E-state index in [-0.39, 0.29) is 46.7 Å². The minimum atomic E-state index is -2.49. The van der Waals surface area contributed by atoms with Crippen molar-refractivity contribution in [3.63, 3.8) is 0 Å². The Labute approximate surface area is 402 Å². The van der Waals surface area contributed by atoms with Gasteiger partial charge in [-0.1, -0.05) is 62.4 Å². The summed E-state index contributed by atoms with van der Waals surface area (Å²) in [6.07, 6.45) is -14.0. The van der Waals surface area contributed by atoms with E-state index in [9.17, 15) is 44.6 Å². The van der Waals surface area contributed by atoms with Crippen LogP contribution in [0, 0.1) is 26.9 Å². The number of nitro groups is 1. The molecule has 3 aliphatic carbocycles. The number of ketones is 1. The maximum atomic E-state index is 15.2. The second-order valence-corrected chi connectivity index (χ2v) is 19.8. The molecule has 20 heteroatoms. The summed E-state index contributed by atoms with van der Waals surface area (Å²) < 4.78 is 41.0. The van der Waals surface area contributed by atoms with E-state index in [0.717, 1.165) is 31.2 Å². The number of esters is 3. The third kappa shape index (κ3) is 9.23. The van der Waals surface area contributed by atoms with Gasteiger partial charge in [0.15, 0.2) is 11.4 Å². The normalized spacial score (nSPS) is 29.7. The first-order chi connectivity index (χ1) is 32.7. The van der Waals surface area contributed by atoms with Gasteiger partial charge in [-0.05, 0) is 75.6 Å². The second-order valence-electron chi connectivity index (χ2n) is 19.8. The number of carbonyl (C=O) groups excluding carboxylic acids is 6. The zero-order chi connectivity index (χ0) is 51.3. The fraction of sp³-hybridized carbons (Fsp3) is 0.480. The van der Waals surface area contributed by atoms with Crippen molar-refractivity contribution in [3.05, 3.63) is 117 Å². The molecule has 4 aliphatic rings. The molecule has 0 radical (unpaired) electrons. The number of ether oxygens (including phenoxy) is 7. The Bertz CT molecular complexity index is 2580. The number of carbonyl (C=O) groups is 6. The number of fused-ring (bicyclic) bond motifs is 5. The number of hydrogen-bond donors (Lipinski definition) is 4. The lowest BCUT2D eigenvalue weighted by Crippen LogP contribution is -2.81. The largest absolute Gasteiger partial charge is 0.514 e. The molecule has 1 saturated heterocycles. The molecular formula is C50H56N2O18. The Balaban J connectivity index is 1.37. The molecule has 3 aromatic rings. The van der Waals surface area contributed by atoms with Crippen LogP contribution in [0.4, 0.5) is 15.3 Å². The van der Waals surface area contributed by atoms with Gasteiger partial charge in [0.05, 0.1) is 34.5 Å². The highest BCUT2D eigenvalue weighted by atomic mass is 16.7. The maximum absolute atomic E-state index is 15.2. The molecule has 70 heavy (non-hydrogen) atoms. The monoisotopic (exact) mass is 972 g/mol. The molecule has 2 saturated carbocycles. The van der Waals surface area contributed by atoms with E-state index < -0.39 is 124 Å². The fourth-order valence-corrected chi connectivity index (χ4v) is 10.5. The first kappa shape index (κ1) is 51.1. The third-order valence-corrected chi connectivity index (χ3v) is 14.0. The minimum Gasteiger partial charge on any atom is -0.455 e. The van der Waals surface area contributed by atoms with Crippen LogP contribution in [0.3, 0.4) is 0 Å². The number of non-ortho nitro benzene ring substituents is 1. The number of aliphatic hydroxyl groups excluding tert-OH is 2. The summed E-state index contributed by atoms with van der Waals surface area (Å²) in [5.74, 6) is -6.00. The summed E-state index contributed by atoms with van der Waals surface area (Å²) in [5, 5.41) is 52.0. The van der Waals surface area contributed by atoms with E-state index in [1.165, 1.54) is 52.0 Å². The van der Waals surface area contributed by atoms with Gasteiger partial charge >= 0.3 is 30.2 Å². The standard InChI is InChI=1S/C50H56N2O18/c1-26-32(66-43(58)38(67-45(60)65-31-21-19-30(20-22-31)52(62)63)36(28-15-11-9-12-16-28)51-44(59)70-46(3,4)5)24-50(61)41(68-42(57)29-17-13-10-14-18-29)39-48(8,40(56)37(55)35(26)47(50,6)7)33(54)23-34-49(39,25-64-34)69-27(2)53/h9-22,32-34,36-39,41,54-55,61H,23-25H2,1-8H3,(H,51,59)/t32-,33+,34+,36+,37-,38-,39-,41-,48-,49?,50-/m1/s1. The molecule has 3 aromatic carbocycles. The topological polar surface area (TPSA) is 283 Å². The fourth-order valence-electron chi connectivity index (χ4n) is 10.5. The number of nitrogens with one attached hydrogen (secondary N) is 1. The Morgan fingerprint density at radius 2 is 1.53 bits per heavy atom. The minimum absolute atomic E-state index is 0.0223. The Morgan fingerprint density at radius 3 is 2.09 bits per heavy atom. The smallest absolute Gasteiger partial charge is 0.455 e. The van der Waals surface area contributed by atoms with Crippen LogP contribution in [0.25, 0.3) is 0 Å². The molecule has 7 rings (SSSR count). The number of alkyl carbamates (subject to hydrolysis) is 1. The highest BCUT2D eigenvalue weighted by Crippen LogP contribution is 2.64. The van der Waals surface area contributed by atoms with Gasteiger partial charge in [0.2, 0.25) is 6.10 Å². The van der Waals surface area contributed by atoms with Gasteiger partial charge in [-0.2, -0.15) is 0 Å². The summed E-state index contributed by atoms with van der Waals surface area (Å²) in [6, 6.07) is 18.2. The first-order valence-corrected chi connectivity index (χ1v) is 22.5. The van der Waals surface area contributed by atoms with E-state index in [1.54, 1.807) is 57.2 Å². The van der Waals surface area contributed by atoms with Gasteiger partial charge in [-0.15, -0.1) is 0 Å². The van der Waals surface area contributed by atoms with Crippen molar-refractivity contribution < 1.29 is 82.2 Å². The second kappa shape index (κ2) is 18.9. The molecule has 1 aliphatic heterocycles. The van der Waals surface area contributed by atoms with E-state index in [4.69, 9.17) is 33.2 Å². The van der Waals surface area contributed by atoms with Crippen LogP contribution in [-0.2, 0) is 42.8 Å². The molecule has 374 valence electrons. The van der Waals surface area contributed by atoms with Crippen LogP contribution >= 0.6 is 0 Å². The summed E-state index contributed by atoms with van der Waals surface area (Å²) in [4.78, 5) is 95.3. The maximum Gasteiger partial charge on any atom is 0.514 e. The lowest BCUT2D eigenvalue weighted by molar-refractivity contribution is -0.384. The van der Waals surface area contributed by atoms with Gasteiger partial charge in [0.1, 0.15) is 47.4 Å². The van der Waals surface area contributed by atoms with Crippen molar-refractivity contribution in [2.75, 3.05) is 6.61 Å². The van der Waals surface area contributed by atoms with Crippen LogP contribution in [0.2, 0.25) is 0 Å². The Hall–Kier alpha value is -6.74. The van der Waals surface area contributed by atoms with Gasteiger partial charge in [0, 0.05) is 37.3 Å². The zero-order valence-electron chi connectivity index (χ0n) is 39.7. The van der Waals surface area contributed by atoms with Crippen molar-refractivity contribution in [1.82, 2.24) is 5.32 Å². The highest BCUT2D eigenvalue weighted by molar-refractivity contribution is 5.94. The third-order valence-electron chi connectivity index (χ3n) is 14.0. The SMILES string of the molecule is CC(=O)OC12CO[C@H]1C[C@H](O)[C@@]1(C)C(=O)[C@H](O)C3=C(C)[C@H](OC(=O)[C@H](OC(=O)Oc4ccc([N+](=O)[O-])cc4)[C@@H](NC(=O)OC(C)(C)C)c4ccccc4)C[C@@](O)([C@H](OC(=O)c4ccccc4)[C@@H]21)C3(C)C. The lowest BCUT2D eigenvalue weighted by atomic mass is 9.44. The molecule has 0 spiro atoms. The summed E-state index contributed by atoms with van der Waals surface area (Å²) in [7, 11) is 0. The van der Waals surface area contributed by atoms with E-state index in [2.05, 4.69) is 5.32 Å². The summed E-state index contributed by atoms with van der Waals surface area (Å²) in [6.45, 7) is 11.3. The molecule has 1 amide bonds. The number of nitrogens with zero attached hydrogens (tertiary/aromatic N) is 1. The number of Topliss-reactive ketones (excluding diaryl/α,β-unsaturated/α-hetero) is 1. The van der Waals surface area contributed by atoms with Crippen LogP contribution in [-0.4, -0.2) is 116 Å². The molecule has 0 aromatic heterocycles. The molecule has 2 bridgehead atoms. The number of hydrogen-bond acceptors (Lipinski definition) is 18. The first-order valence-electron chi connectivity index (χ1n) is 22.5. The molecule has 3 fully saturated rings. The summed E-state index contributed by atoms with van der Waals surface area (Å²) in [5.41, 5.74) is -9.44. The van der Waals surface area contributed by atoms with Crippen LogP contribution in [0.1, 0.15) is 90.2 Å². The van der Waals surface area contributed by atoms with Crippen molar-refractivity contribution in [1.29, 1.82) is 0 Å². The van der Waals surface area contributed by atoms with E-state index in [1.807, 2.05) is 0 Å². The van der Waals surface area contributed by atoms with Gasteiger partial charge < -0.3 is 53.8 Å². The summed E-state index contributed by atoms with van der Waals surface area (Å²) >= 11 is 0. The average molecular weight is 973 g/mol. The lowest BCUT2D eigenvalue weighted by Gasteiger charge is -2.67. The molecular weight excluding hydrogens is 917 g/mol. The van der Waals surface area contributed by atoms with Crippen molar-refractivity contribution in [2.24, 2.45) is 16.7 Å². The Morgan fingerprint density at radius 1 is 0.914 bits per heavy atom. The van der Waals surface area contributed by atoms with Crippen LogP contribution in [0.15, 0.2) is 96.1 Å². The van der Waals surface area contributed by atoms with Crippen molar-refractivity contribution in [2.45, 2.75) is 128 Å². The highest BCUT2D eigenvalue weighted by Gasteiger charge is 2.78. The molecule has 1 heterocycles. The number of rotatable bonds is 11.